The van der Waals surface area contributed by atoms with Crippen LogP contribution in [0.5, 0.6) is 0 Å². The van der Waals surface area contributed by atoms with Gasteiger partial charge in [0.25, 0.3) is 0 Å². The summed E-state index contributed by atoms with van der Waals surface area (Å²) < 4.78 is 4.84. The number of nitrogens with one attached hydrogen (secondary N) is 1. The average molecular weight is 237 g/mol. The maximum absolute atomic E-state index is 12.0. The molecule has 2 N–H and O–H groups in total. The Kier molecular flexibility index (Phi) is 3.02. The number of aliphatic hydroxyl groups is 1. The summed E-state index contributed by atoms with van der Waals surface area (Å²) in [5.41, 5.74) is 0.233. The van der Waals surface area contributed by atoms with Crippen LogP contribution in [0.4, 0.5) is 0 Å². The second-order valence-corrected chi connectivity index (χ2v) is 4.37. The van der Waals surface area contributed by atoms with Gasteiger partial charge >= 0.3 is 5.97 Å². The Balaban J connectivity index is 2.47. The number of allylic oxidation sites excluding steroid dienone is 2. The Hall–Kier alpha value is -1.62. The first-order chi connectivity index (χ1) is 8.14. The Bertz CT molecular complexity index is 424. The second-order valence-electron chi connectivity index (χ2n) is 4.37. The van der Waals surface area contributed by atoms with Crippen molar-refractivity contribution in [2.75, 3.05) is 20.2 Å². The van der Waals surface area contributed by atoms with Gasteiger partial charge < -0.3 is 15.2 Å². The summed E-state index contributed by atoms with van der Waals surface area (Å²) in [6.45, 7) is 1.19. The molecule has 1 saturated heterocycles. The van der Waals surface area contributed by atoms with Crippen LogP contribution in [0, 0.1) is 5.41 Å². The zero-order valence-electron chi connectivity index (χ0n) is 9.66. The number of ether oxygens (including phenoxy) is 1. The number of carbonyl (C=O) groups is 2. The summed E-state index contributed by atoms with van der Waals surface area (Å²) in [4.78, 5) is 23.6. The van der Waals surface area contributed by atoms with Crippen LogP contribution in [0.25, 0.3) is 0 Å². The van der Waals surface area contributed by atoms with Gasteiger partial charge in [-0.25, -0.2) is 0 Å². The van der Waals surface area contributed by atoms with Gasteiger partial charge in [-0.15, -0.1) is 0 Å². The van der Waals surface area contributed by atoms with Crippen LogP contribution in [0.1, 0.15) is 12.8 Å². The van der Waals surface area contributed by atoms with Crippen molar-refractivity contribution in [3.05, 3.63) is 23.5 Å². The molecule has 0 aromatic rings. The molecule has 1 unspecified atom stereocenters. The molecule has 2 aliphatic rings. The Labute approximate surface area is 99.1 Å². The number of rotatable bonds is 1. The number of carbonyl (C=O) groups excluding carboxylic acids is 2. The first-order valence-electron chi connectivity index (χ1n) is 5.52. The zero-order valence-corrected chi connectivity index (χ0v) is 9.66. The molecule has 5 nitrogen and oxygen atoms in total. The van der Waals surface area contributed by atoms with Crippen molar-refractivity contribution >= 4 is 11.8 Å². The maximum atomic E-state index is 12.0. The molecule has 0 bridgehead atoms. The topological polar surface area (TPSA) is 75.6 Å². The number of hydrogen-bond donors (Lipinski definition) is 2. The maximum Gasteiger partial charge on any atom is 0.317 e. The van der Waals surface area contributed by atoms with Gasteiger partial charge in [-0.3, -0.25) is 9.59 Å². The smallest absolute Gasteiger partial charge is 0.317 e. The summed E-state index contributed by atoms with van der Waals surface area (Å²) in [7, 11) is 1.34. The van der Waals surface area contributed by atoms with E-state index < -0.39 is 5.41 Å². The molecule has 0 aromatic carbocycles. The van der Waals surface area contributed by atoms with Crippen molar-refractivity contribution in [2.45, 2.75) is 12.8 Å². The zero-order chi connectivity index (χ0) is 12.5. The molecular weight excluding hydrogens is 222 g/mol. The number of piperidine rings is 1. The number of methoxy groups -OCH3 is 1. The third-order valence-corrected chi connectivity index (χ3v) is 3.46. The molecule has 5 heteroatoms. The summed E-state index contributed by atoms with van der Waals surface area (Å²) in [6, 6.07) is 0. The number of ketones is 1. The highest BCUT2D eigenvalue weighted by Gasteiger charge is 2.48. The van der Waals surface area contributed by atoms with Gasteiger partial charge in [0.1, 0.15) is 5.41 Å². The van der Waals surface area contributed by atoms with Crippen LogP contribution in [0.15, 0.2) is 23.5 Å². The number of aliphatic hydroxyl groups excluding tert-OH is 1. The molecule has 0 amide bonds. The molecule has 0 aromatic heterocycles. The minimum absolute atomic E-state index is 0.202. The quantitative estimate of drug-likeness (QED) is 0.394. The molecule has 1 aliphatic heterocycles. The predicted molar refractivity (Wildman–Crippen MR) is 60.4 cm³/mol. The molecule has 17 heavy (non-hydrogen) atoms. The fraction of sp³-hybridized carbons (Fsp3) is 0.500. The summed E-state index contributed by atoms with van der Waals surface area (Å²) in [5.74, 6) is -0.577. The van der Waals surface area contributed by atoms with E-state index in [-0.39, 0.29) is 23.7 Å². The van der Waals surface area contributed by atoms with E-state index in [4.69, 9.17) is 9.84 Å². The lowest BCUT2D eigenvalue weighted by atomic mass is 9.68. The summed E-state index contributed by atoms with van der Waals surface area (Å²) >= 11 is 0. The lowest BCUT2D eigenvalue weighted by Crippen LogP contribution is -2.50. The Morgan fingerprint density at radius 3 is 3.06 bits per heavy atom. The highest BCUT2D eigenvalue weighted by molar-refractivity contribution is 6.07. The van der Waals surface area contributed by atoms with E-state index >= 15 is 0 Å². The van der Waals surface area contributed by atoms with Crippen molar-refractivity contribution in [3.8, 4) is 0 Å². The monoisotopic (exact) mass is 237 g/mol. The second kappa shape index (κ2) is 4.33. The summed E-state index contributed by atoms with van der Waals surface area (Å²) in [6.07, 6.45) is 3.10. The van der Waals surface area contributed by atoms with Gasteiger partial charge in [0.2, 0.25) is 0 Å². The fourth-order valence-electron chi connectivity index (χ4n) is 2.51. The van der Waals surface area contributed by atoms with E-state index in [1.807, 2.05) is 0 Å². The van der Waals surface area contributed by atoms with Crippen molar-refractivity contribution in [1.29, 1.82) is 0 Å². The average Bonchev–Trinajstić information content (AvgIpc) is 2.37. The standard InChI is InChI=1S/C12H15NO4/c1-17-11(16)12-5-8(6-14)10(15)4-9(12)2-3-13-7-12/h4,6,13-14H,2-3,5,7H2,1H3/b8-6-. The summed E-state index contributed by atoms with van der Waals surface area (Å²) in [5, 5.41) is 12.2. The van der Waals surface area contributed by atoms with Crippen LogP contribution < -0.4 is 5.32 Å². The van der Waals surface area contributed by atoms with E-state index in [1.54, 1.807) is 0 Å². The van der Waals surface area contributed by atoms with Gasteiger partial charge in [-0.1, -0.05) is 0 Å². The van der Waals surface area contributed by atoms with Gasteiger partial charge in [-0.05, 0) is 24.6 Å². The van der Waals surface area contributed by atoms with Gasteiger partial charge in [0.05, 0.1) is 13.4 Å². The molecule has 0 saturated carbocycles. The third-order valence-electron chi connectivity index (χ3n) is 3.46. The number of fused-ring (bicyclic) bond motifs is 1. The molecule has 1 aliphatic carbocycles. The molecule has 92 valence electrons. The van der Waals surface area contributed by atoms with Gasteiger partial charge in [-0.2, -0.15) is 0 Å². The van der Waals surface area contributed by atoms with Crippen LogP contribution >= 0.6 is 0 Å². The largest absolute Gasteiger partial charge is 0.515 e. The predicted octanol–water partition coefficient (Wildman–Crippen LogP) is 0.480. The minimum Gasteiger partial charge on any atom is -0.515 e. The number of esters is 1. The first kappa shape index (κ1) is 11.9. The van der Waals surface area contributed by atoms with Gasteiger partial charge in [0, 0.05) is 18.5 Å². The van der Waals surface area contributed by atoms with Crippen molar-refractivity contribution in [2.24, 2.45) is 5.41 Å². The van der Waals surface area contributed by atoms with Crippen LogP contribution in [-0.2, 0) is 14.3 Å². The lowest BCUT2D eigenvalue weighted by Gasteiger charge is -2.39. The molecule has 1 heterocycles. The van der Waals surface area contributed by atoms with E-state index in [0.717, 1.165) is 18.4 Å². The molecule has 0 radical (unpaired) electrons. The SMILES string of the molecule is COC(=O)C12CNCCC1=CC(=O)/C(=C\O)C2. The first-order valence-corrected chi connectivity index (χ1v) is 5.52. The van der Waals surface area contributed by atoms with Gasteiger partial charge in [0.15, 0.2) is 5.78 Å². The Morgan fingerprint density at radius 1 is 1.65 bits per heavy atom. The van der Waals surface area contributed by atoms with Crippen LogP contribution in [0.3, 0.4) is 0 Å². The molecular formula is C12H15NO4. The molecule has 1 fully saturated rings. The molecule has 1 atom stereocenters. The lowest BCUT2D eigenvalue weighted by molar-refractivity contribution is -0.151. The van der Waals surface area contributed by atoms with Crippen LogP contribution in [0.2, 0.25) is 0 Å². The third kappa shape index (κ3) is 1.76. The van der Waals surface area contributed by atoms with E-state index in [2.05, 4.69) is 5.32 Å². The molecule has 0 spiro atoms. The van der Waals surface area contributed by atoms with E-state index in [1.165, 1.54) is 13.2 Å². The highest BCUT2D eigenvalue weighted by Crippen LogP contribution is 2.42. The minimum atomic E-state index is -0.824. The normalized spacial score (nSPS) is 30.8. The van der Waals surface area contributed by atoms with Crippen molar-refractivity contribution < 1.29 is 19.4 Å². The van der Waals surface area contributed by atoms with Crippen molar-refractivity contribution in [3.63, 3.8) is 0 Å². The van der Waals surface area contributed by atoms with Crippen LogP contribution in [-0.4, -0.2) is 37.1 Å². The fourth-order valence-corrected chi connectivity index (χ4v) is 2.51. The van der Waals surface area contributed by atoms with Crippen molar-refractivity contribution in [1.82, 2.24) is 5.32 Å². The van der Waals surface area contributed by atoms with E-state index in [9.17, 15) is 9.59 Å². The number of hydrogen-bond acceptors (Lipinski definition) is 5. The van der Waals surface area contributed by atoms with E-state index in [0.29, 0.717) is 13.0 Å². The molecule has 2 rings (SSSR count). The Morgan fingerprint density at radius 2 is 2.41 bits per heavy atom. The highest BCUT2D eigenvalue weighted by atomic mass is 16.5.